The van der Waals surface area contributed by atoms with E-state index in [0.29, 0.717) is 0 Å². The number of hydrogen-bond acceptors (Lipinski definition) is 4. The van der Waals surface area contributed by atoms with E-state index in [1.165, 1.54) is 18.7 Å². The quantitative estimate of drug-likeness (QED) is 0.780. The Kier molecular flexibility index (Phi) is 4.76. The van der Waals surface area contributed by atoms with Crippen molar-refractivity contribution in [3.05, 3.63) is 24.3 Å². The molecule has 1 heterocycles. The number of alkyl halides is 4. The van der Waals surface area contributed by atoms with Crippen LogP contribution in [0, 0.1) is 0 Å². The van der Waals surface area contributed by atoms with Crippen LogP contribution in [-0.4, -0.2) is 40.6 Å². The first kappa shape index (κ1) is 13.8. The summed E-state index contributed by atoms with van der Waals surface area (Å²) in [6, 6.07) is 0. The summed E-state index contributed by atoms with van der Waals surface area (Å²) < 4.78 is 52.7. The molecule has 0 spiro atoms. The molecule has 1 rings (SSSR count). The minimum absolute atomic E-state index is 0.257. The maximum atomic E-state index is 12.4. The summed E-state index contributed by atoms with van der Waals surface area (Å²) in [7, 11) is 0. The minimum Gasteiger partial charge on any atom is -0.386 e. The summed E-state index contributed by atoms with van der Waals surface area (Å²) in [6.45, 7) is -1.98. The van der Waals surface area contributed by atoms with Gasteiger partial charge in [0.15, 0.2) is 0 Å². The van der Waals surface area contributed by atoms with Crippen LogP contribution in [0.3, 0.4) is 0 Å². The van der Waals surface area contributed by atoms with Crippen molar-refractivity contribution in [1.82, 2.24) is 9.97 Å². The zero-order valence-corrected chi connectivity index (χ0v) is 8.56. The Morgan fingerprint density at radius 3 is 2.41 bits per heavy atom. The van der Waals surface area contributed by atoms with Crippen LogP contribution in [0.5, 0.6) is 0 Å². The van der Waals surface area contributed by atoms with Crippen LogP contribution in [0.1, 0.15) is 11.7 Å². The molecular weight excluding hydrogens is 244 g/mol. The number of aromatic nitrogens is 2. The molecule has 1 aromatic rings. The number of rotatable bonds is 6. The van der Waals surface area contributed by atoms with Crippen LogP contribution in [0.2, 0.25) is 0 Å². The van der Waals surface area contributed by atoms with Gasteiger partial charge in [0.05, 0.1) is 6.61 Å². The lowest BCUT2D eigenvalue weighted by Gasteiger charge is -2.16. The highest BCUT2D eigenvalue weighted by Gasteiger charge is 2.41. The van der Waals surface area contributed by atoms with Gasteiger partial charge in [-0.05, 0) is 0 Å². The monoisotopic (exact) mass is 254 g/mol. The first-order chi connectivity index (χ1) is 7.93. The molecule has 1 unspecified atom stereocenters. The lowest BCUT2D eigenvalue weighted by atomic mass is 10.2. The fourth-order valence-corrected chi connectivity index (χ4v) is 0.949. The second-order valence-electron chi connectivity index (χ2n) is 3.26. The van der Waals surface area contributed by atoms with E-state index < -0.39 is 31.7 Å². The Bertz CT molecular complexity index is 337. The lowest BCUT2D eigenvalue weighted by Crippen LogP contribution is -2.33. The van der Waals surface area contributed by atoms with Gasteiger partial charge in [-0.2, -0.15) is 8.78 Å². The van der Waals surface area contributed by atoms with Crippen molar-refractivity contribution in [2.24, 2.45) is 0 Å². The largest absolute Gasteiger partial charge is 0.386 e. The fourth-order valence-electron chi connectivity index (χ4n) is 0.949. The summed E-state index contributed by atoms with van der Waals surface area (Å²) in [5.74, 6) is -4.22. The van der Waals surface area contributed by atoms with Gasteiger partial charge in [-0.3, -0.25) is 0 Å². The average Bonchev–Trinajstić information content (AvgIpc) is 2.29. The molecule has 1 N–H and O–H groups in total. The fraction of sp³-hybridized carbons (Fsp3) is 0.556. The van der Waals surface area contributed by atoms with Crippen molar-refractivity contribution in [3.8, 4) is 0 Å². The standard InChI is InChI=1S/C9H10F4N2O2/c10-8(11)9(12,13)4-17-3-7(16)6-1-14-5-15-2-6/h1-2,5,7-8,16H,3-4H2. The zero-order valence-electron chi connectivity index (χ0n) is 8.56. The molecule has 96 valence electrons. The highest BCUT2D eigenvalue weighted by molar-refractivity contribution is 5.06. The second kappa shape index (κ2) is 5.87. The highest BCUT2D eigenvalue weighted by Crippen LogP contribution is 2.23. The van der Waals surface area contributed by atoms with E-state index in [1.54, 1.807) is 0 Å². The van der Waals surface area contributed by atoms with E-state index in [0.717, 1.165) is 0 Å². The van der Waals surface area contributed by atoms with Crippen molar-refractivity contribution < 1.29 is 27.4 Å². The summed E-state index contributed by atoms with van der Waals surface area (Å²) in [5.41, 5.74) is 0.257. The van der Waals surface area contributed by atoms with Crippen LogP contribution in [0.25, 0.3) is 0 Å². The Balaban J connectivity index is 2.37. The van der Waals surface area contributed by atoms with Gasteiger partial charge in [0.2, 0.25) is 0 Å². The molecule has 0 saturated heterocycles. The predicted octanol–water partition coefficient (Wildman–Crippen LogP) is 1.43. The van der Waals surface area contributed by atoms with Crippen LogP contribution in [0.15, 0.2) is 18.7 Å². The summed E-state index contributed by atoms with van der Waals surface area (Å²) in [4.78, 5) is 7.19. The van der Waals surface area contributed by atoms with Crippen LogP contribution < -0.4 is 0 Å². The zero-order chi connectivity index (χ0) is 12.9. The number of hydrogen-bond donors (Lipinski definition) is 1. The molecular formula is C9H10F4N2O2. The normalized spacial score (nSPS) is 14.0. The van der Waals surface area contributed by atoms with Gasteiger partial charge in [-0.15, -0.1) is 0 Å². The van der Waals surface area contributed by atoms with Crippen molar-refractivity contribution >= 4 is 0 Å². The average molecular weight is 254 g/mol. The van der Waals surface area contributed by atoms with Gasteiger partial charge in [0.25, 0.3) is 0 Å². The maximum Gasteiger partial charge on any atom is 0.330 e. The van der Waals surface area contributed by atoms with E-state index >= 15 is 0 Å². The third-order valence-corrected chi connectivity index (χ3v) is 1.85. The molecule has 17 heavy (non-hydrogen) atoms. The molecule has 8 heteroatoms. The molecule has 1 atom stereocenters. The van der Waals surface area contributed by atoms with E-state index in [4.69, 9.17) is 0 Å². The van der Waals surface area contributed by atoms with Crippen LogP contribution in [-0.2, 0) is 4.74 Å². The van der Waals surface area contributed by atoms with E-state index in [9.17, 15) is 22.7 Å². The topological polar surface area (TPSA) is 55.2 Å². The molecule has 0 bridgehead atoms. The molecule has 0 saturated carbocycles. The number of ether oxygens (including phenoxy) is 1. The van der Waals surface area contributed by atoms with Crippen molar-refractivity contribution in [2.45, 2.75) is 18.5 Å². The molecule has 0 radical (unpaired) electrons. The molecule has 1 aromatic heterocycles. The van der Waals surface area contributed by atoms with Crippen molar-refractivity contribution in [3.63, 3.8) is 0 Å². The minimum atomic E-state index is -4.22. The predicted molar refractivity (Wildman–Crippen MR) is 48.8 cm³/mol. The van der Waals surface area contributed by atoms with E-state index in [2.05, 4.69) is 14.7 Å². The van der Waals surface area contributed by atoms with Gasteiger partial charge in [-0.25, -0.2) is 18.7 Å². The van der Waals surface area contributed by atoms with Gasteiger partial charge in [0.1, 0.15) is 19.0 Å². The Morgan fingerprint density at radius 1 is 1.29 bits per heavy atom. The van der Waals surface area contributed by atoms with Gasteiger partial charge in [-0.1, -0.05) is 0 Å². The van der Waals surface area contributed by atoms with Gasteiger partial charge in [0, 0.05) is 18.0 Å². The number of aliphatic hydroxyl groups excluding tert-OH is 1. The molecule has 0 fully saturated rings. The summed E-state index contributed by atoms with van der Waals surface area (Å²) in [5, 5.41) is 9.42. The van der Waals surface area contributed by atoms with Gasteiger partial charge >= 0.3 is 12.3 Å². The Hall–Kier alpha value is -1.28. The van der Waals surface area contributed by atoms with Gasteiger partial charge < -0.3 is 9.84 Å². The molecule has 4 nitrogen and oxygen atoms in total. The molecule has 0 amide bonds. The van der Waals surface area contributed by atoms with Crippen molar-refractivity contribution in [2.75, 3.05) is 13.2 Å². The molecule has 0 aliphatic rings. The third-order valence-electron chi connectivity index (χ3n) is 1.85. The number of aliphatic hydroxyl groups is 1. The number of halogens is 4. The SMILES string of the molecule is OC(COCC(F)(F)C(F)F)c1cncnc1. The van der Waals surface area contributed by atoms with E-state index in [-0.39, 0.29) is 5.56 Å². The third kappa shape index (κ3) is 4.23. The molecule has 0 aromatic carbocycles. The van der Waals surface area contributed by atoms with Crippen molar-refractivity contribution in [1.29, 1.82) is 0 Å². The van der Waals surface area contributed by atoms with E-state index in [1.807, 2.05) is 0 Å². The smallest absolute Gasteiger partial charge is 0.330 e. The first-order valence-electron chi connectivity index (χ1n) is 4.60. The molecule has 0 aliphatic carbocycles. The van der Waals surface area contributed by atoms with Crippen LogP contribution in [0.4, 0.5) is 17.6 Å². The summed E-state index contributed by atoms with van der Waals surface area (Å²) in [6.07, 6.45) is -1.26. The highest BCUT2D eigenvalue weighted by atomic mass is 19.3. The maximum absolute atomic E-state index is 12.4. The van der Waals surface area contributed by atoms with Crippen LogP contribution >= 0.6 is 0 Å². The second-order valence-corrected chi connectivity index (χ2v) is 3.26. The first-order valence-corrected chi connectivity index (χ1v) is 4.60. The summed E-state index contributed by atoms with van der Waals surface area (Å²) >= 11 is 0. The molecule has 0 aliphatic heterocycles. The Labute approximate surface area is 94.3 Å². The lowest BCUT2D eigenvalue weighted by molar-refractivity contribution is -0.170. The Morgan fingerprint density at radius 2 is 1.88 bits per heavy atom. The number of nitrogens with zero attached hydrogens (tertiary/aromatic N) is 2.